The van der Waals surface area contributed by atoms with E-state index in [1.54, 1.807) is 0 Å². The first-order valence-electron chi connectivity index (χ1n) is 11.3. The highest BCUT2D eigenvalue weighted by Crippen LogP contribution is 2.40. The molecule has 0 radical (unpaired) electrons. The Morgan fingerprint density at radius 3 is 2.51 bits per heavy atom. The summed E-state index contributed by atoms with van der Waals surface area (Å²) in [7, 11) is -3.49. The largest absolute Gasteiger partial charge is 0.355 e. The van der Waals surface area contributed by atoms with Crippen LogP contribution in [0.25, 0.3) is 21.3 Å². The van der Waals surface area contributed by atoms with Crippen LogP contribution in [0.4, 0.5) is 10.2 Å². The molecule has 0 aliphatic carbocycles. The molecule has 1 fully saturated rings. The molecule has 184 valence electrons. The van der Waals surface area contributed by atoms with E-state index in [-0.39, 0.29) is 16.2 Å². The first-order valence-corrected chi connectivity index (χ1v) is 14.1. The Hall–Kier alpha value is -2.92. The van der Waals surface area contributed by atoms with Gasteiger partial charge >= 0.3 is 0 Å². The van der Waals surface area contributed by atoms with E-state index in [9.17, 15) is 12.8 Å². The van der Waals surface area contributed by atoms with Crippen LogP contribution in [0.15, 0.2) is 39.3 Å². The maximum atomic E-state index is 14.9. The Bertz CT molecular complexity index is 1500. The molecule has 11 heteroatoms. The van der Waals surface area contributed by atoms with Crippen LogP contribution in [0.2, 0.25) is 0 Å². The molecule has 3 aromatic heterocycles. The second kappa shape index (κ2) is 8.63. The minimum absolute atomic E-state index is 0.0488. The number of sulfone groups is 1. The summed E-state index contributed by atoms with van der Waals surface area (Å²) < 4.78 is 44.8. The lowest BCUT2D eigenvalue weighted by atomic mass is 9.95. The second-order valence-corrected chi connectivity index (χ2v) is 12.8. The number of fused-ring (bicyclic) bond motifs is 1. The van der Waals surface area contributed by atoms with E-state index in [1.165, 1.54) is 29.8 Å². The average molecular weight is 516 g/mol. The normalized spacial score (nSPS) is 15.7. The molecule has 1 aromatic carbocycles. The fourth-order valence-corrected chi connectivity index (χ4v) is 5.91. The zero-order valence-electron chi connectivity index (χ0n) is 19.9. The lowest BCUT2D eigenvalue weighted by Gasteiger charge is -2.31. The third-order valence-electron chi connectivity index (χ3n) is 6.25. The summed E-state index contributed by atoms with van der Waals surface area (Å²) in [6.07, 6.45) is 4.27. The van der Waals surface area contributed by atoms with E-state index in [0.717, 1.165) is 54.6 Å². The summed E-state index contributed by atoms with van der Waals surface area (Å²) in [6.45, 7) is 7.73. The molecule has 0 spiro atoms. The van der Waals surface area contributed by atoms with Gasteiger partial charge in [-0.15, -0.1) is 11.3 Å². The number of nitrogens with zero attached hydrogens (tertiary/aromatic N) is 5. The van der Waals surface area contributed by atoms with Crippen molar-refractivity contribution >= 4 is 37.2 Å². The minimum atomic E-state index is -3.49. The van der Waals surface area contributed by atoms with Gasteiger partial charge in [-0.3, -0.25) is 0 Å². The molecule has 1 aliphatic heterocycles. The number of hydrogen-bond donors (Lipinski definition) is 0. The van der Waals surface area contributed by atoms with Crippen molar-refractivity contribution < 1.29 is 17.3 Å². The summed E-state index contributed by atoms with van der Waals surface area (Å²) in [5.41, 5.74) is 1.44. The Morgan fingerprint density at radius 2 is 1.89 bits per heavy atom. The molecule has 0 bridgehead atoms. The van der Waals surface area contributed by atoms with Crippen LogP contribution in [0.3, 0.4) is 0 Å². The van der Waals surface area contributed by atoms with Crippen molar-refractivity contribution in [3.63, 3.8) is 0 Å². The minimum Gasteiger partial charge on any atom is -0.355 e. The predicted octanol–water partition coefficient (Wildman–Crippen LogP) is 4.97. The fourth-order valence-electron chi connectivity index (χ4n) is 4.24. The molecule has 4 heterocycles. The average Bonchev–Trinajstić information content (AvgIpc) is 3.46. The van der Waals surface area contributed by atoms with E-state index in [2.05, 4.69) is 45.8 Å². The quantitative estimate of drug-likeness (QED) is 0.376. The SMILES string of the molecule is CC(C)(C)c1noc(C2CCN(c3ncnc4c(-c5ccc(S(C)(=O)=O)cc5F)csc34)CC2)n1. The van der Waals surface area contributed by atoms with Crippen LogP contribution in [0.1, 0.15) is 51.2 Å². The molecule has 0 unspecified atom stereocenters. The van der Waals surface area contributed by atoms with Gasteiger partial charge in [-0.1, -0.05) is 32.0 Å². The topological polar surface area (TPSA) is 102 Å². The predicted molar refractivity (Wildman–Crippen MR) is 133 cm³/mol. The Labute approximate surface area is 207 Å². The van der Waals surface area contributed by atoms with E-state index >= 15 is 0 Å². The van der Waals surface area contributed by atoms with Crippen molar-refractivity contribution in [3.8, 4) is 11.1 Å². The van der Waals surface area contributed by atoms with Crippen LogP contribution >= 0.6 is 11.3 Å². The van der Waals surface area contributed by atoms with Gasteiger partial charge in [0.15, 0.2) is 15.7 Å². The molecular formula is C24H26FN5O3S2. The summed E-state index contributed by atoms with van der Waals surface area (Å²) in [6, 6.07) is 3.98. The maximum absolute atomic E-state index is 14.9. The number of benzene rings is 1. The molecule has 5 rings (SSSR count). The van der Waals surface area contributed by atoms with Crippen molar-refractivity contribution in [1.82, 2.24) is 20.1 Å². The van der Waals surface area contributed by atoms with Crippen molar-refractivity contribution in [3.05, 3.63) is 47.4 Å². The third-order valence-corrected chi connectivity index (χ3v) is 8.33. The maximum Gasteiger partial charge on any atom is 0.229 e. The molecular weight excluding hydrogens is 489 g/mol. The van der Waals surface area contributed by atoms with Crippen LogP contribution in [-0.2, 0) is 15.3 Å². The molecule has 1 saturated heterocycles. The van der Waals surface area contributed by atoms with Gasteiger partial charge in [0.05, 0.1) is 15.1 Å². The Morgan fingerprint density at radius 1 is 1.14 bits per heavy atom. The highest BCUT2D eigenvalue weighted by Gasteiger charge is 2.29. The zero-order chi connectivity index (χ0) is 25.0. The lowest BCUT2D eigenvalue weighted by Crippen LogP contribution is -2.33. The highest BCUT2D eigenvalue weighted by atomic mass is 32.2. The number of thiophene rings is 1. The van der Waals surface area contributed by atoms with Crippen LogP contribution in [-0.4, -0.2) is 47.9 Å². The summed E-state index contributed by atoms with van der Waals surface area (Å²) in [5.74, 6) is 1.83. The number of aromatic nitrogens is 4. The van der Waals surface area contributed by atoms with E-state index in [4.69, 9.17) is 4.52 Å². The van der Waals surface area contributed by atoms with Crippen LogP contribution in [0, 0.1) is 5.82 Å². The van der Waals surface area contributed by atoms with Gasteiger partial charge in [-0.25, -0.2) is 22.8 Å². The van der Waals surface area contributed by atoms with E-state index in [1.807, 2.05) is 5.38 Å². The monoisotopic (exact) mass is 515 g/mol. The molecule has 0 saturated carbocycles. The Kier molecular flexibility index (Phi) is 5.87. The zero-order valence-corrected chi connectivity index (χ0v) is 21.6. The lowest BCUT2D eigenvalue weighted by molar-refractivity contribution is 0.322. The second-order valence-electron chi connectivity index (χ2n) is 9.91. The van der Waals surface area contributed by atoms with Crippen LogP contribution in [0.5, 0.6) is 0 Å². The van der Waals surface area contributed by atoms with Gasteiger partial charge in [0.1, 0.15) is 18.0 Å². The van der Waals surface area contributed by atoms with Gasteiger partial charge < -0.3 is 9.42 Å². The van der Waals surface area contributed by atoms with Crippen molar-refractivity contribution in [2.45, 2.75) is 49.8 Å². The number of anilines is 1. The van der Waals surface area contributed by atoms with Gasteiger partial charge in [-0.2, -0.15) is 4.98 Å². The van der Waals surface area contributed by atoms with Crippen molar-refractivity contribution in [1.29, 1.82) is 0 Å². The number of piperidine rings is 1. The van der Waals surface area contributed by atoms with E-state index in [0.29, 0.717) is 22.5 Å². The molecule has 0 N–H and O–H groups in total. The molecule has 8 nitrogen and oxygen atoms in total. The molecule has 35 heavy (non-hydrogen) atoms. The highest BCUT2D eigenvalue weighted by molar-refractivity contribution is 7.90. The number of hydrogen-bond acceptors (Lipinski definition) is 9. The molecule has 0 amide bonds. The first kappa shape index (κ1) is 23.8. The number of rotatable bonds is 4. The summed E-state index contributed by atoms with van der Waals surface area (Å²) >= 11 is 1.46. The molecule has 1 aliphatic rings. The first-order chi connectivity index (χ1) is 16.5. The standard InChI is InChI=1S/C24H26FN5O3S2/c1-24(2,3)23-28-22(33-29-23)14-7-9-30(10-8-14)21-20-19(26-13-27-21)17(12-34-20)16-6-5-15(11-18(16)25)35(4,31)32/h5-6,11-14H,7-10H2,1-4H3. The molecule has 4 aromatic rings. The van der Waals surface area contributed by atoms with Gasteiger partial charge in [-0.05, 0) is 25.0 Å². The molecule has 0 atom stereocenters. The van der Waals surface area contributed by atoms with E-state index < -0.39 is 15.7 Å². The number of halogens is 1. The van der Waals surface area contributed by atoms with Gasteiger partial charge in [0, 0.05) is 47.2 Å². The summed E-state index contributed by atoms with van der Waals surface area (Å²) in [4.78, 5) is 15.8. The summed E-state index contributed by atoms with van der Waals surface area (Å²) in [5, 5.41) is 6.00. The van der Waals surface area contributed by atoms with Crippen LogP contribution < -0.4 is 4.90 Å². The van der Waals surface area contributed by atoms with Crippen molar-refractivity contribution in [2.24, 2.45) is 0 Å². The van der Waals surface area contributed by atoms with Gasteiger partial charge in [0.2, 0.25) is 5.89 Å². The smallest absolute Gasteiger partial charge is 0.229 e. The Balaban J connectivity index is 1.39. The van der Waals surface area contributed by atoms with Crippen molar-refractivity contribution in [2.75, 3.05) is 24.2 Å². The third kappa shape index (κ3) is 4.54. The van der Waals surface area contributed by atoms with Gasteiger partial charge in [0.25, 0.3) is 0 Å². The fraction of sp³-hybridized carbons (Fsp3) is 0.417.